The molecule has 90 valence electrons. The zero-order chi connectivity index (χ0) is 12.7. The Morgan fingerprint density at radius 3 is 2.53 bits per heavy atom. The molecule has 1 rings (SSSR count). The van der Waals surface area contributed by atoms with Crippen molar-refractivity contribution in [1.29, 1.82) is 0 Å². The van der Waals surface area contributed by atoms with Crippen molar-refractivity contribution in [3.63, 3.8) is 0 Å². The van der Waals surface area contributed by atoms with Crippen LogP contribution in [0.15, 0.2) is 30.3 Å². The number of carbonyl (C=O) groups is 2. The van der Waals surface area contributed by atoms with Crippen LogP contribution in [0, 0.1) is 0 Å². The van der Waals surface area contributed by atoms with Gasteiger partial charge in [0.25, 0.3) is 5.91 Å². The second-order valence-electron chi connectivity index (χ2n) is 3.22. The maximum Gasteiger partial charge on any atom is 0.267 e. The molecule has 0 aliphatic heterocycles. The van der Waals surface area contributed by atoms with Crippen molar-refractivity contribution >= 4 is 17.9 Å². The molecular weight excluding hydrogens is 220 g/mol. The summed E-state index contributed by atoms with van der Waals surface area (Å²) in [5, 5.41) is 0. The van der Waals surface area contributed by atoms with E-state index in [-0.39, 0.29) is 5.91 Å². The zero-order valence-corrected chi connectivity index (χ0v) is 9.47. The summed E-state index contributed by atoms with van der Waals surface area (Å²) < 4.78 is 0. The molecule has 1 aromatic rings. The highest BCUT2D eigenvalue weighted by Crippen LogP contribution is 2.05. The van der Waals surface area contributed by atoms with Gasteiger partial charge >= 0.3 is 0 Å². The predicted molar refractivity (Wildman–Crippen MR) is 63.8 cm³/mol. The van der Waals surface area contributed by atoms with Crippen LogP contribution in [-0.4, -0.2) is 18.4 Å². The van der Waals surface area contributed by atoms with Crippen molar-refractivity contribution in [3.05, 3.63) is 41.5 Å². The van der Waals surface area contributed by atoms with Gasteiger partial charge in [-0.25, -0.2) is 5.48 Å². The number of primary amides is 1. The number of hydrogen-bond donors (Lipinski definition) is 2. The third-order valence-electron chi connectivity index (χ3n) is 1.94. The summed E-state index contributed by atoms with van der Waals surface area (Å²) in [7, 11) is 0. The van der Waals surface area contributed by atoms with Crippen molar-refractivity contribution in [2.45, 2.75) is 6.92 Å². The molecule has 0 unspecified atom stereocenters. The van der Waals surface area contributed by atoms with Crippen LogP contribution in [0.1, 0.15) is 22.8 Å². The third-order valence-corrected chi connectivity index (χ3v) is 1.94. The van der Waals surface area contributed by atoms with Crippen LogP contribution < -0.4 is 11.2 Å². The summed E-state index contributed by atoms with van der Waals surface area (Å²) >= 11 is 0. The molecule has 0 spiro atoms. The first-order valence-electron chi connectivity index (χ1n) is 5.13. The minimum absolute atomic E-state index is 0.342. The number of amides is 2. The maximum atomic E-state index is 11.2. The minimum Gasteiger partial charge on any atom is -0.366 e. The number of carbonyl (C=O) groups excluding carboxylic acids is 2. The Morgan fingerprint density at radius 2 is 2.00 bits per heavy atom. The molecule has 2 amide bonds. The molecule has 17 heavy (non-hydrogen) atoms. The molecule has 0 aromatic heterocycles. The summed E-state index contributed by atoms with van der Waals surface area (Å²) in [5.41, 5.74) is 8.56. The topological polar surface area (TPSA) is 81.4 Å². The SMILES string of the molecule is CCONC(=O)C=Cc1ccc(C(N)=O)cc1. The Morgan fingerprint density at radius 1 is 1.35 bits per heavy atom. The van der Waals surface area contributed by atoms with Gasteiger partial charge in [0.1, 0.15) is 0 Å². The van der Waals surface area contributed by atoms with Crippen LogP contribution in [0.3, 0.4) is 0 Å². The van der Waals surface area contributed by atoms with E-state index in [1.54, 1.807) is 37.3 Å². The van der Waals surface area contributed by atoms with Crippen LogP contribution in [0.4, 0.5) is 0 Å². The summed E-state index contributed by atoms with van der Waals surface area (Å²) in [5.74, 6) is -0.819. The molecular formula is C12H14N2O3. The lowest BCUT2D eigenvalue weighted by molar-refractivity contribution is -0.127. The van der Waals surface area contributed by atoms with E-state index in [1.165, 1.54) is 6.08 Å². The largest absolute Gasteiger partial charge is 0.366 e. The highest BCUT2D eigenvalue weighted by Gasteiger charge is 1.98. The fourth-order valence-electron chi connectivity index (χ4n) is 1.11. The molecule has 0 aliphatic rings. The molecule has 5 nitrogen and oxygen atoms in total. The van der Waals surface area contributed by atoms with E-state index in [4.69, 9.17) is 10.6 Å². The molecule has 0 aliphatic carbocycles. The second-order valence-corrected chi connectivity index (χ2v) is 3.22. The van der Waals surface area contributed by atoms with E-state index in [0.29, 0.717) is 12.2 Å². The van der Waals surface area contributed by atoms with Crippen LogP contribution in [0.25, 0.3) is 6.08 Å². The van der Waals surface area contributed by atoms with E-state index >= 15 is 0 Å². The number of hydrogen-bond acceptors (Lipinski definition) is 3. The molecule has 1 aromatic carbocycles. The van der Waals surface area contributed by atoms with Crippen LogP contribution in [-0.2, 0) is 9.63 Å². The van der Waals surface area contributed by atoms with Gasteiger partial charge in [0.2, 0.25) is 5.91 Å². The summed E-state index contributed by atoms with van der Waals surface area (Å²) in [6, 6.07) is 6.60. The Bertz CT molecular complexity index is 424. The van der Waals surface area contributed by atoms with Gasteiger partial charge in [-0.1, -0.05) is 12.1 Å². The van der Waals surface area contributed by atoms with Crippen molar-refractivity contribution in [1.82, 2.24) is 5.48 Å². The molecule has 0 saturated carbocycles. The molecule has 0 bridgehead atoms. The predicted octanol–water partition coefficient (Wildman–Crippen LogP) is 0.866. The Balaban J connectivity index is 2.59. The molecule has 0 atom stereocenters. The number of nitrogens with two attached hydrogens (primary N) is 1. The molecule has 0 radical (unpaired) electrons. The quantitative estimate of drug-likeness (QED) is 0.585. The standard InChI is InChI=1S/C12H14N2O3/c1-2-17-14-11(15)8-5-9-3-6-10(7-4-9)12(13)16/h3-8H,2H2,1H3,(H2,13,16)(H,14,15). The monoisotopic (exact) mass is 234 g/mol. The summed E-state index contributed by atoms with van der Waals surface area (Å²) in [6.45, 7) is 2.18. The van der Waals surface area contributed by atoms with Gasteiger partial charge in [-0.3, -0.25) is 14.4 Å². The lowest BCUT2D eigenvalue weighted by Crippen LogP contribution is -2.20. The average Bonchev–Trinajstić information content (AvgIpc) is 2.34. The lowest BCUT2D eigenvalue weighted by Gasteiger charge is -1.99. The zero-order valence-electron chi connectivity index (χ0n) is 9.47. The van der Waals surface area contributed by atoms with Crippen molar-refractivity contribution < 1.29 is 14.4 Å². The van der Waals surface area contributed by atoms with Gasteiger partial charge < -0.3 is 5.73 Å². The summed E-state index contributed by atoms with van der Waals surface area (Å²) in [4.78, 5) is 26.7. The normalized spacial score (nSPS) is 10.4. The molecule has 0 saturated heterocycles. The first-order valence-corrected chi connectivity index (χ1v) is 5.13. The number of rotatable bonds is 5. The first kappa shape index (κ1) is 12.9. The van der Waals surface area contributed by atoms with Crippen LogP contribution in [0.2, 0.25) is 0 Å². The summed E-state index contributed by atoms with van der Waals surface area (Å²) in [6.07, 6.45) is 2.95. The van der Waals surface area contributed by atoms with Gasteiger partial charge in [-0.2, -0.15) is 0 Å². The smallest absolute Gasteiger partial charge is 0.267 e. The van der Waals surface area contributed by atoms with E-state index in [1.807, 2.05) is 0 Å². The Hall–Kier alpha value is -2.14. The number of benzene rings is 1. The highest BCUT2D eigenvalue weighted by atomic mass is 16.6. The van der Waals surface area contributed by atoms with Gasteiger partial charge in [-0.05, 0) is 30.7 Å². The number of hydroxylamine groups is 1. The van der Waals surface area contributed by atoms with E-state index in [0.717, 1.165) is 5.56 Å². The molecule has 5 heteroatoms. The molecule has 0 heterocycles. The van der Waals surface area contributed by atoms with Crippen LogP contribution in [0.5, 0.6) is 0 Å². The second kappa shape index (κ2) is 6.44. The lowest BCUT2D eigenvalue weighted by atomic mass is 10.1. The van der Waals surface area contributed by atoms with E-state index in [2.05, 4.69) is 5.48 Å². The van der Waals surface area contributed by atoms with E-state index in [9.17, 15) is 9.59 Å². The minimum atomic E-state index is -0.477. The van der Waals surface area contributed by atoms with Gasteiger partial charge in [0.05, 0.1) is 6.61 Å². The van der Waals surface area contributed by atoms with Gasteiger partial charge in [0.15, 0.2) is 0 Å². The Labute approximate surface area is 99.2 Å². The molecule has 3 N–H and O–H groups in total. The maximum absolute atomic E-state index is 11.2. The van der Waals surface area contributed by atoms with Crippen molar-refractivity contribution in [2.24, 2.45) is 5.73 Å². The first-order chi connectivity index (χ1) is 8.13. The van der Waals surface area contributed by atoms with Gasteiger partial charge in [-0.15, -0.1) is 0 Å². The van der Waals surface area contributed by atoms with Crippen LogP contribution >= 0.6 is 0 Å². The van der Waals surface area contributed by atoms with Crippen molar-refractivity contribution in [3.8, 4) is 0 Å². The third kappa shape index (κ3) is 4.48. The highest BCUT2D eigenvalue weighted by molar-refractivity contribution is 5.93. The van der Waals surface area contributed by atoms with Crippen molar-refractivity contribution in [2.75, 3.05) is 6.61 Å². The molecule has 0 fully saturated rings. The van der Waals surface area contributed by atoms with Gasteiger partial charge in [0, 0.05) is 11.6 Å². The Kier molecular flexibility index (Phi) is 4.90. The fraction of sp³-hybridized carbons (Fsp3) is 0.167. The average molecular weight is 234 g/mol. The number of nitrogens with one attached hydrogen (secondary N) is 1. The van der Waals surface area contributed by atoms with E-state index < -0.39 is 5.91 Å². The fourth-order valence-corrected chi connectivity index (χ4v) is 1.11.